The average Bonchev–Trinajstić information content (AvgIpc) is 3.48. The Hall–Kier alpha value is -3.43. The van der Waals surface area contributed by atoms with E-state index in [-0.39, 0.29) is 45.9 Å². The Kier molecular flexibility index (Phi) is 6.68. The van der Waals surface area contributed by atoms with E-state index in [0.717, 1.165) is 4.90 Å². The lowest BCUT2D eigenvalue weighted by Gasteiger charge is -2.28. The van der Waals surface area contributed by atoms with Crippen molar-refractivity contribution >= 4 is 69.9 Å². The van der Waals surface area contributed by atoms with Crippen molar-refractivity contribution in [2.24, 2.45) is 23.7 Å². The van der Waals surface area contributed by atoms with E-state index in [0.29, 0.717) is 23.5 Å². The first kappa shape index (κ1) is 25.2. The Morgan fingerprint density at radius 1 is 0.865 bits per heavy atom. The molecule has 4 amide bonds. The summed E-state index contributed by atoms with van der Waals surface area (Å²) in [6.07, 6.45) is 0.684. The third-order valence-electron chi connectivity index (χ3n) is 7.17. The van der Waals surface area contributed by atoms with Gasteiger partial charge in [-0.15, -0.1) is 23.2 Å². The minimum atomic E-state index is -0.730. The van der Waals surface area contributed by atoms with Crippen LogP contribution in [-0.2, 0) is 23.9 Å². The molecule has 9 nitrogen and oxygen atoms in total. The molecule has 5 rings (SSSR count). The Labute approximate surface area is 222 Å². The molecule has 6 atom stereocenters. The first-order chi connectivity index (χ1) is 17.7. The second-order valence-electron chi connectivity index (χ2n) is 9.45. The molecule has 2 bridgehead atoms. The first-order valence-electron chi connectivity index (χ1n) is 11.8. The van der Waals surface area contributed by atoms with Crippen LogP contribution in [0.3, 0.4) is 0 Å². The van der Waals surface area contributed by atoms with Crippen LogP contribution in [0.1, 0.15) is 23.7 Å². The fourth-order valence-corrected chi connectivity index (χ4v) is 6.49. The normalized spacial score (nSPS) is 27.7. The number of carbonyl (C=O) groups excluding carboxylic acids is 5. The van der Waals surface area contributed by atoms with Crippen LogP contribution in [0.15, 0.2) is 48.5 Å². The average molecular weight is 544 g/mol. The van der Waals surface area contributed by atoms with E-state index in [2.05, 4.69) is 10.6 Å². The number of imide groups is 1. The maximum atomic E-state index is 13.1. The summed E-state index contributed by atoms with van der Waals surface area (Å²) in [4.78, 5) is 63.0. The molecule has 0 spiro atoms. The number of esters is 1. The maximum absolute atomic E-state index is 13.1. The zero-order chi connectivity index (χ0) is 26.4. The molecule has 2 saturated carbocycles. The van der Waals surface area contributed by atoms with Crippen LogP contribution in [-0.4, -0.2) is 47.0 Å². The molecule has 1 aliphatic heterocycles. The number of anilines is 3. The van der Waals surface area contributed by atoms with E-state index in [1.165, 1.54) is 31.2 Å². The number of fused-ring (bicyclic) bond motifs is 5. The van der Waals surface area contributed by atoms with E-state index < -0.39 is 30.3 Å². The summed E-state index contributed by atoms with van der Waals surface area (Å²) < 4.78 is 5.08. The predicted octanol–water partition coefficient (Wildman–Crippen LogP) is 3.41. The summed E-state index contributed by atoms with van der Waals surface area (Å²) >= 11 is 12.8. The summed E-state index contributed by atoms with van der Waals surface area (Å²) in [5.74, 6) is -3.19. The van der Waals surface area contributed by atoms with Crippen molar-refractivity contribution in [2.45, 2.75) is 24.1 Å². The van der Waals surface area contributed by atoms with Gasteiger partial charge in [-0.1, -0.05) is 0 Å². The molecule has 1 saturated heterocycles. The number of ether oxygens (including phenoxy) is 1. The minimum absolute atomic E-state index is 0.115. The van der Waals surface area contributed by atoms with Crippen molar-refractivity contribution in [1.82, 2.24) is 0 Å². The van der Waals surface area contributed by atoms with Gasteiger partial charge in [0.05, 0.1) is 33.8 Å². The van der Waals surface area contributed by atoms with Gasteiger partial charge in [0.1, 0.15) is 0 Å². The Balaban J connectivity index is 1.17. The Morgan fingerprint density at radius 2 is 1.38 bits per heavy atom. The quantitative estimate of drug-likeness (QED) is 0.327. The number of nitrogens with zero attached hydrogens (tertiary/aromatic N) is 1. The van der Waals surface area contributed by atoms with Crippen LogP contribution in [0.2, 0.25) is 0 Å². The summed E-state index contributed by atoms with van der Waals surface area (Å²) in [7, 11) is 0. The third-order valence-corrected chi connectivity index (χ3v) is 8.49. The fourth-order valence-electron chi connectivity index (χ4n) is 5.60. The molecular weight excluding hydrogens is 521 g/mol. The van der Waals surface area contributed by atoms with Crippen LogP contribution in [0, 0.1) is 23.7 Å². The smallest absolute Gasteiger partial charge is 0.338 e. The highest BCUT2D eigenvalue weighted by Gasteiger charge is 2.66. The van der Waals surface area contributed by atoms with Gasteiger partial charge in [0.25, 0.3) is 5.91 Å². The van der Waals surface area contributed by atoms with Gasteiger partial charge in [0.2, 0.25) is 17.7 Å². The number of carbonyl (C=O) groups is 5. The highest BCUT2D eigenvalue weighted by molar-refractivity contribution is 6.32. The highest BCUT2D eigenvalue weighted by atomic mass is 35.5. The number of hydrogen-bond acceptors (Lipinski definition) is 6. The lowest BCUT2D eigenvalue weighted by Crippen LogP contribution is -2.37. The van der Waals surface area contributed by atoms with E-state index in [1.54, 1.807) is 24.3 Å². The Morgan fingerprint density at radius 3 is 1.89 bits per heavy atom. The molecule has 2 N–H and O–H groups in total. The molecule has 0 aromatic heterocycles. The highest BCUT2D eigenvalue weighted by Crippen LogP contribution is 2.59. The number of nitrogens with one attached hydrogen (secondary N) is 2. The van der Waals surface area contributed by atoms with Crippen molar-refractivity contribution in [3.8, 4) is 0 Å². The molecule has 3 aliphatic rings. The van der Waals surface area contributed by atoms with E-state index in [4.69, 9.17) is 27.9 Å². The molecule has 2 aromatic rings. The molecule has 3 fully saturated rings. The topological polar surface area (TPSA) is 122 Å². The summed E-state index contributed by atoms with van der Waals surface area (Å²) in [6, 6.07) is 12.3. The van der Waals surface area contributed by atoms with Crippen molar-refractivity contribution in [2.75, 3.05) is 22.1 Å². The van der Waals surface area contributed by atoms with E-state index in [9.17, 15) is 24.0 Å². The Bertz CT molecular complexity index is 1250. The number of alkyl halides is 2. The molecule has 37 heavy (non-hydrogen) atoms. The summed E-state index contributed by atoms with van der Waals surface area (Å²) in [5.41, 5.74) is 1.58. The van der Waals surface area contributed by atoms with Gasteiger partial charge in [-0.3, -0.25) is 24.1 Å². The number of halogens is 2. The second kappa shape index (κ2) is 9.79. The van der Waals surface area contributed by atoms with Crippen molar-refractivity contribution in [3.63, 3.8) is 0 Å². The van der Waals surface area contributed by atoms with Crippen LogP contribution in [0.5, 0.6) is 0 Å². The molecule has 1 heterocycles. The van der Waals surface area contributed by atoms with Gasteiger partial charge in [-0.2, -0.15) is 0 Å². The van der Waals surface area contributed by atoms with Gasteiger partial charge in [0, 0.05) is 18.3 Å². The summed E-state index contributed by atoms with van der Waals surface area (Å²) in [6.45, 7) is 0.880. The molecular formula is C26H23Cl2N3O6. The molecule has 2 aliphatic carbocycles. The minimum Gasteiger partial charge on any atom is -0.452 e. The zero-order valence-electron chi connectivity index (χ0n) is 19.6. The van der Waals surface area contributed by atoms with Crippen LogP contribution in [0.25, 0.3) is 0 Å². The number of amides is 4. The van der Waals surface area contributed by atoms with Crippen LogP contribution in [0.4, 0.5) is 17.1 Å². The SMILES string of the molecule is CC(=O)Nc1ccc(NC(=O)COC(=O)c2ccc(N3C(=O)[C@@H]4[C@H]5C[C@@H]([C@H](Cl)[C@@H]5Cl)[C@@H]4C3=O)cc2)cc1. The monoisotopic (exact) mass is 543 g/mol. The lowest BCUT2D eigenvalue weighted by atomic mass is 9.80. The number of hydrogen-bond donors (Lipinski definition) is 2. The van der Waals surface area contributed by atoms with Gasteiger partial charge in [-0.25, -0.2) is 4.79 Å². The van der Waals surface area contributed by atoms with Gasteiger partial charge in [-0.05, 0) is 66.8 Å². The molecule has 0 unspecified atom stereocenters. The van der Waals surface area contributed by atoms with Crippen molar-refractivity contribution in [3.05, 3.63) is 54.1 Å². The zero-order valence-corrected chi connectivity index (χ0v) is 21.2. The van der Waals surface area contributed by atoms with Gasteiger partial charge < -0.3 is 15.4 Å². The van der Waals surface area contributed by atoms with E-state index >= 15 is 0 Å². The number of rotatable bonds is 6. The van der Waals surface area contributed by atoms with Crippen molar-refractivity contribution < 1.29 is 28.7 Å². The molecule has 11 heteroatoms. The van der Waals surface area contributed by atoms with Gasteiger partial charge in [0.15, 0.2) is 6.61 Å². The molecule has 0 radical (unpaired) electrons. The predicted molar refractivity (Wildman–Crippen MR) is 136 cm³/mol. The molecule has 2 aromatic carbocycles. The largest absolute Gasteiger partial charge is 0.452 e. The molecule has 192 valence electrons. The van der Waals surface area contributed by atoms with Crippen LogP contribution >= 0.6 is 23.2 Å². The standard InChI is InChI=1S/C26H23Cl2N3O6/c1-12(32)29-14-4-6-15(7-5-14)30-19(33)11-37-26(36)13-2-8-16(9-3-13)31-24(34)20-17-10-18(21(20)25(31)35)23(28)22(17)27/h2-9,17-18,20-23H,10-11H2,1H3,(H,29,32)(H,30,33)/t17-,18-,20-,21+,22-,23+/m1/s1. The second-order valence-corrected chi connectivity index (χ2v) is 10.5. The van der Waals surface area contributed by atoms with Crippen LogP contribution < -0.4 is 15.5 Å². The van der Waals surface area contributed by atoms with Gasteiger partial charge >= 0.3 is 5.97 Å². The van der Waals surface area contributed by atoms with Crippen molar-refractivity contribution in [1.29, 1.82) is 0 Å². The fraction of sp³-hybridized carbons (Fsp3) is 0.346. The van der Waals surface area contributed by atoms with E-state index in [1.807, 2.05) is 0 Å². The third kappa shape index (κ3) is 4.57. The first-order valence-corrected chi connectivity index (χ1v) is 12.6. The lowest BCUT2D eigenvalue weighted by molar-refractivity contribution is -0.123. The maximum Gasteiger partial charge on any atom is 0.338 e. The summed E-state index contributed by atoms with van der Waals surface area (Å²) in [5, 5.41) is 4.55. The number of benzene rings is 2.